The highest BCUT2D eigenvalue weighted by Crippen LogP contribution is 2.57. The molecule has 0 aliphatic carbocycles. The third-order valence-corrected chi connectivity index (χ3v) is 5.00. The lowest BCUT2D eigenvalue weighted by Gasteiger charge is -2.36. The zero-order chi connectivity index (χ0) is 19.5. The lowest BCUT2D eigenvalue weighted by atomic mass is 9.77. The second-order valence-corrected chi connectivity index (χ2v) is 6.56. The van der Waals surface area contributed by atoms with Crippen LogP contribution in [0.3, 0.4) is 0 Å². The summed E-state index contributed by atoms with van der Waals surface area (Å²) < 4.78 is 11.8. The van der Waals surface area contributed by atoms with E-state index in [0.717, 1.165) is 0 Å². The number of benzene rings is 3. The molecule has 3 aromatic rings. The molecule has 2 aliphatic rings. The van der Waals surface area contributed by atoms with Gasteiger partial charge in [0.25, 0.3) is 0 Å². The van der Waals surface area contributed by atoms with Gasteiger partial charge < -0.3 is 25.0 Å². The summed E-state index contributed by atoms with van der Waals surface area (Å²) in [6, 6.07) is 14.1. The molecule has 0 radical (unpaired) electrons. The molecule has 0 fully saturated rings. The predicted molar refractivity (Wildman–Crippen MR) is 97.7 cm³/mol. The van der Waals surface area contributed by atoms with Gasteiger partial charge in [0.2, 0.25) is 6.41 Å². The topological polar surface area (TPSA) is 105 Å². The molecule has 1 spiro atoms. The fraction of sp³-hybridized carbons (Fsp3) is 0.0476. The summed E-state index contributed by atoms with van der Waals surface area (Å²) in [5, 5.41) is 22.3. The molecule has 2 heterocycles. The summed E-state index contributed by atoms with van der Waals surface area (Å²) >= 11 is 0. The summed E-state index contributed by atoms with van der Waals surface area (Å²) in [6.07, 6.45) is 0.530. The van der Waals surface area contributed by atoms with Crippen molar-refractivity contribution in [1.29, 1.82) is 0 Å². The number of carbonyl (C=O) groups excluding carboxylic acids is 2. The van der Waals surface area contributed by atoms with Gasteiger partial charge in [0.05, 0.1) is 5.56 Å². The van der Waals surface area contributed by atoms with Crippen LogP contribution in [0.4, 0.5) is 5.69 Å². The third kappa shape index (κ3) is 2.04. The molecule has 0 aromatic heterocycles. The van der Waals surface area contributed by atoms with Crippen molar-refractivity contribution in [3.05, 3.63) is 76.9 Å². The van der Waals surface area contributed by atoms with Crippen molar-refractivity contribution in [2.24, 2.45) is 0 Å². The zero-order valence-corrected chi connectivity index (χ0v) is 14.3. The summed E-state index contributed by atoms with van der Waals surface area (Å²) in [5.74, 6) is 0.0624. The number of phenols is 2. The van der Waals surface area contributed by atoms with Gasteiger partial charge in [-0.25, -0.2) is 4.79 Å². The SMILES string of the molecule is O=CNc1ccc2c(c1)C(=O)OC21c2ccc(O)cc2Oc2cc(O)ccc21. The first kappa shape index (κ1) is 16.2. The van der Waals surface area contributed by atoms with E-state index in [2.05, 4.69) is 5.32 Å². The normalized spacial score (nSPS) is 15.1. The average Bonchev–Trinajstić information content (AvgIpc) is 2.94. The molecule has 3 N–H and O–H groups in total. The van der Waals surface area contributed by atoms with Gasteiger partial charge in [0.1, 0.15) is 23.0 Å². The largest absolute Gasteiger partial charge is 0.508 e. The molecule has 0 unspecified atom stereocenters. The van der Waals surface area contributed by atoms with E-state index in [4.69, 9.17) is 9.47 Å². The van der Waals surface area contributed by atoms with Gasteiger partial charge in [0.15, 0.2) is 5.60 Å². The fourth-order valence-corrected chi connectivity index (χ4v) is 3.86. The molecule has 1 amide bonds. The first-order valence-electron chi connectivity index (χ1n) is 8.46. The van der Waals surface area contributed by atoms with E-state index in [1.165, 1.54) is 24.3 Å². The van der Waals surface area contributed by atoms with Crippen LogP contribution in [0.2, 0.25) is 0 Å². The molecule has 138 valence electrons. The van der Waals surface area contributed by atoms with E-state index >= 15 is 0 Å². The molecule has 0 saturated heterocycles. The maximum absolute atomic E-state index is 12.8. The Balaban J connectivity index is 1.84. The van der Waals surface area contributed by atoms with Gasteiger partial charge in [-0.15, -0.1) is 0 Å². The van der Waals surface area contributed by atoms with Crippen LogP contribution < -0.4 is 10.1 Å². The standard InChI is InChI=1S/C21H13NO6/c23-10-22-11-1-4-15-14(7-11)20(26)28-21(15)16-5-2-12(24)8-18(16)27-19-9-13(25)3-6-17(19)21/h1-10,24-25H,(H,22,23). The summed E-state index contributed by atoms with van der Waals surface area (Å²) in [6.45, 7) is 0. The molecule has 2 aliphatic heterocycles. The lowest BCUT2D eigenvalue weighted by Crippen LogP contribution is -2.32. The minimum atomic E-state index is -1.30. The smallest absolute Gasteiger partial charge is 0.340 e. The van der Waals surface area contributed by atoms with Gasteiger partial charge in [-0.3, -0.25) is 4.79 Å². The number of rotatable bonds is 2. The monoisotopic (exact) mass is 375 g/mol. The van der Waals surface area contributed by atoms with Crippen molar-refractivity contribution < 1.29 is 29.3 Å². The molecule has 0 atom stereocenters. The predicted octanol–water partition coefficient (Wildman–Crippen LogP) is 3.23. The number of phenolic OH excluding ortho intramolecular Hbond substituents is 2. The quantitative estimate of drug-likeness (QED) is 0.469. The highest BCUT2D eigenvalue weighted by Gasteiger charge is 2.53. The van der Waals surface area contributed by atoms with Crippen molar-refractivity contribution in [2.75, 3.05) is 5.32 Å². The fourth-order valence-electron chi connectivity index (χ4n) is 3.86. The van der Waals surface area contributed by atoms with Crippen LogP contribution >= 0.6 is 0 Å². The number of carbonyl (C=O) groups is 2. The number of amides is 1. The van der Waals surface area contributed by atoms with Crippen LogP contribution in [-0.4, -0.2) is 22.6 Å². The van der Waals surface area contributed by atoms with Crippen molar-refractivity contribution in [2.45, 2.75) is 5.60 Å². The Labute approximate surface area is 158 Å². The Kier molecular flexibility index (Phi) is 3.18. The van der Waals surface area contributed by atoms with Crippen molar-refractivity contribution in [1.82, 2.24) is 0 Å². The second kappa shape index (κ2) is 5.50. The maximum Gasteiger partial charge on any atom is 0.340 e. The van der Waals surface area contributed by atoms with E-state index in [9.17, 15) is 19.8 Å². The van der Waals surface area contributed by atoms with Gasteiger partial charge >= 0.3 is 5.97 Å². The molecular formula is C21H13NO6. The number of fused-ring (bicyclic) bond motifs is 6. The van der Waals surface area contributed by atoms with Crippen LogP contribution in [0.5, 0.6) is 23.0 Å². The molecule has 7 heteroatoms. The van der Waals surface area contributed by atoms with Crippen LogP contribution in [0.25, 0.3) is 0 Å². The lowest BCUT2D eigenvalue weighted by molar-refractivity contribution is -0.105. The average molecular weight is 375 g/mol. The number of aromatic hydroxyl groups is 2. The molecule has 28 heavy (non-hydrogen) atoms. The Morgan fingerprint density at radius 3 is 2.07 bits per heavy atom. The highest BCUT2D eigenvalue weighted by molar-refractivity contribution is 5.98. The van der Waals surface area contributed by atoms with Crippen molar-refractivity contribution >= 4 is 18.1 Å². The van der Waals surface area contributed by atoms with Crippen LogP contribution in [0.15, 0.2) is 54.6 Å². The number of nitrogens with one attached hydrogen (secondary N) is 1. The molecule has 0 saturated carbocycles. The molecule has 5 rings (SSSR count). The molecule has 0 bridgehead atoms. The number of hydrogen-bond donors (Lipinski definition) is 3. The van der Waals surface area contributed by atoms with Gasteiger partial charge in [-0.2, -0.15) is 0 Å². The van der Waals surface area contributed by atoms with Gasteiger partial charge in [-0.05, 0) is 36.4 Å². The molecule has 3 aromatic carbocycles. The summed E-state index contributed by atoms with van der Waals surface area (Å²) in [4.78, 5) is 23.5. The van der Waals surface area contributed by atoms with Gasteiger partial charge in [0, 0.05) is 34.5 Å². The number of hydrogen-bond acceptors (Lipinski definition) is 6. The Hall–Kier alpha value is -4.00. The van der Waals surface area contributed by atoms with Crippen LogP contribution in [0, 0.1) is 0 Å². The highest BCUT2D eigenvalue weighted by atomic mass is 16.6. The summed E-state index contributed by atoms with van der Waals surface area (Å²) in [5.41, 5.74) is 1.16. The summed E-state index contributed by atoms with van der Waals surface area (Å²) in [7, 11) is 0. The van der Waals surface area contributed by atoms with E-state index in [1.54, 1.807) is 30.3 Å². The number of anilines is 1. The van der Waals surface area contributed by atoms with Crippen LogP contribution in [0.1, 0.15) is 27.0 Å². The minimum Gasteiger partial charge on any atom is -0.508 e. The van der Waals surface area contributed by atoms with Crippen LogP contribution in [-0.2, 0) is 15.1 Å². The number of ether oxygens (including phenoxy) is 2. The Bertz CT molecular complexity index is 1120. The van der Waals surface area contributed by atoms with E-state index < -0.39 is 11.6 Å². The third-order valence-electron chi connectivity index (χ3n) is 5.00. The first-order chi connectivity index (χ1) is 13.5. The second-order valence-electron chi connectivity index (χ2n) is 6.56. The van der Waals surface area contributed by atoms with E-state index in [0.29, 0.717) is 45.9 Å². The molecule has 7 nitrogen and oxygen atoms in total. The van der Waals surface area contributed by atoms with Crippen molar-refractivity contribution in [3.63, 3.8) is 0 Å². The van der Waals surface area contributed by atoms with Gasteiger partial charge in [-0.1, -0.05) is 6.07 Å². The van der Waals surface area contributed by atoms with E-state index in [-0.39, 0.29) is 11.5 Å². The maximum atomic E-state index is 12.8. The van der Waals surface area contributed by atoms with Crippen molar-refractivity contribution in [3.8, 4) is 23.0 Å². The Morgan fingerprint density at radius 1 is 0.857 bits per heavy atom. The van der Waals surface area contributed by atoms with E-state index in [1.807, 2.05) is 0 Å². The first-order valence-corrected chi connectivity index (χ1v) is 8.46. The molecular weight excluding hydrogens is 362 g/mol. The Morgan fingerprint density at radius 2 is 1.46 bits per heavy atom. The zero-order valence-electron chi connectivity index (χ0n) is 14.3. The minimum absolute atomic E-state index is 0.00687. The number of esters is 1.